The molecular weight excluding hydrogens is 623 g/mol. The molecule has 10 rings (SSSR count). The first-order valence-corrected chi connectivity index (χ1v) is 16.9. The maximum absolute atomic E-state index is 9.80. The van der Waals surface area contributed by atoms with Crippen molar-refractivity contribution in [2.24, 2.45) is 0 Å². The molecule has 2 heterocycles. The quantitative estimate of drug-likeness (QED) is 0.178. The Hall–Kier alpha value is -7.16. The zero-order valence-corrected chi connectivity index (χ0v) is 27.3. The van der Waals surface area contributed by atoms with Crippen LogP contribution < -0.4 is 0 Å². The van der Waals surface area contributed by atoms with E-state index in [1.54, 1.807) is 0 Å². The lowest BCUT2D eigenvalue weighted by Gasteiger charge is -2.13. The molecule has 0 amide bonds. The van der Waals surface area contributed by atoms with Crippen molar-refractivity contribution in [1.82, 2.24) is 19.5 Å². The van der Waals surface area contributed by atoms with Crippen LogP contribution in [0.15, 0.2) is 164 Å². The van der Waals surface area contributed by atoms with Gasteiger partial charge in [0.25, 0.3) is 0 Å². The monoisotopic (exact) mass is 649 g/mol. The van der Waals surface area contributed by atoms with Gasteiger partial charge in [-0.1, -0.05) is 121 Å². The van der Waals surface area contributed by atoms with E-state index < -0.39 is 0 Å². The van der Waals surface area contributed by atoms with Crippen LogP contribution in [0.1, 0.15) is 5.56 Å². The zero-order valence-electron chi connectivity index (χ0n) is 27.3. The molecule has 236 valence electrons. The Labute approximate surface area is 293 Å². The smallest absolute Gasteiger partial charge is 0.164 e. The van der Waals surface area contributed by atoms with E-state index in [9.17, 15) is 5.26 Å². The van der Waals surface area contributed by atoms with Gasteiger partial charge in [-0.05, 0) is 74.8 Å². The molecule has 0 saturated carbocycles. The van der Waals surface area contributed by atoms with E-state index in [1.165, 1.54) is 16.2 Å². The molecule has 0 saturated heterocycles. The van der Waals surface area contributed by atoms with Crippen molar-refractivity contribution in [3.63, 3.8) is 0 Å². The highest BCUT2D eigenvalue weighted by molar-refractivity contribution is 6.26. The van der Waals surface area contributed by atoms with Crippen molar-refractivity contribution in [2.45, 2.75) is 0 Å². The molecule has 51 heavy (non-hydrogen) atoms. The highest BCUT2D eigenvalue weighted by atomic mass is 15.0. The number of aromatic nitrogens is 4. The first kappa shape index (κ1) is 28.8. The summed E-state index contributed by atoms with van der Waals surface area (Å²) in [5.41, 5.74) is 6.64. The van der Waals surface area contributed by atoms with Crippen LogP contribution in [0.2, 0.25) is 0 Å². The summed E-state index contributed by atoms with van der Waals surface area (Å²) in [6.07, 6.45) is 0. The molecule has 0 aliphatic rings. The molecule has 5 heteroatoms. The van der Waals surface area contributed by atoms with Crippen molar-refractivity contribution in [1.29, 1.82) is 5.26 Å². The standard InChI is InChI=1S/C46H27N5/c47-28-29-21-23-36-34-15-4-5-16-35(34)37-24-22-32(27-41(37)40(36)25-29)46-49-44(30-11-2-1-3-12-30)48-45(50-46)31-13-10-14-33(26-31)51-42-19-8-6-17-38(42)39-18-7-9-20-43(39)51/h1-27H. The molecule has 0 bridgehead atoms. The lowest BCUT2D eigenvalue weighted by Crippen LogP contribution is -2.01. The van der Waals surface area contributed by atoms with Gasteiger partial charge in [0.15, 0.2) is 17.5 Å². The summed E-state index contributed by atoms with van der Waals surface area (Å²) in [5, 5.41) is 18.9. The predicted octanol–water partition coefficient (Wildman–Crippen LogP) is 11.3. The Balaban J connectivity index is 1.20. The SMILES string of the molecule is N#Cc1ccc2c3ccccc3c3ccc(-c4nc(-c5ccccc5)nc(-c5cccc(-n6c7ccccc7c7ccccc76)c5)n4)cc3c2c1. The maximum atomic E-state index is 9.80. The second kappa shape index (κ2) is 11.5. The van der Waals surface area contributed by atoms with Crippen molar-refractivity contribution in [3.05, 3.63) is 169 Å². The van der Waals surface area contributed by atoms with Gasteiger partial charge in [0.2, 0.25) is 0 Å². The average Bonchev–Trinajstić information content (AvgIpc) is 3.55. The first-order valence-electron chi connectivity index (χ1n) is 16.9. The predicted molar refractivity (Wildman–Crippen MR) is 208 cm³/mol. The largest absolute Gasteiger partial charge is 0.309 e. The Morgan fingerprint density at radius 1 is 0.373 bits per heavy atom. The summed E-state index contributed by atoms with van der Waals surface area (Å²) in [7, 11) is 0. The molecule has 0 unspecified atom stereocenters. The molecule has 0 aliphatic carbocycles. The molecule has 2 aromatic heterocycles. The minimum atomic E-state index is 0.584. The third kappa shape index (κ3) is 4.66. The molecule has 5 nitrogen and oxygen atoms in total. The van der Waals surface area contributed by atoms with E-state index in [4.69, 9.17) is 15.0 Å². The summed E-state index contributed by atoms with van der Waals surface area (Å²) in [5.74, 6) is 1.78. The first-order chi connectivity index (χ1) is 25.2. The number of hydrogen-bond acceptors (Lipinski definition) is 4. The van der Waals surface area contributed by atoms with Crippen LogP contribution in [-0.2, 0) is 0 Å². The Bertz CT molecular complexity index is 2990. The Kier molecular flexibility index (Phi) is 6.48. The molecule has 0 aliphatic heterocycles. The highest BCUT2D eigenvalue weighted by Crippen LogP contribution is 2.38. The van der Waals surface area contributed by atoms with Crippen molar-refractivity contribution in [2.75, 3.05) is 0 Å². The third-order valence-electron chi connectivity index (χ3n) is 9.83. The number of rotatable bonds is 4. The maximum Gasteiger partial charge on any atom is 0.164 e. The van der Waals surface area contributed by atoms with Gasteiger partial charge in [-0.3, -0.25) is 0 Å². The van der Waals surface area contributed by atoms with Gasteiger partial charge in [-0.15, -0.1) is 0 Å². The van der Waals surface area contributed by atoms with E-state index in [0.717, 1.165) is 60.3 Å². The molecular formula is C46H27N5. The summed E-state index contributed by atoms with van der Waals surface area (Å²) < 4.78 is 2.31. The lowest BCUT2D eigenvalue weighted by molar-refractivity contribution is 1.07. The summed E-state index contributed by atoms with van der Waals surface area (Å²) in [6, 6.07) is 58.7. The minimum Gasteiger partial charge on any atom is -0.309 e. The van der Waals surface area contributed by atoms with E-state index in [-0.39, 0.29) is 0 Å². The molecule has 0 N–H and O–H groups in total. The number of para-hydroxylation sites is 2. The molecule has 0 fully saturated rings. The molecule has 8 aromatic carbocycles. The van der Waals surface area contributed by atoms with E-state index in [2.05, 4.69) is 132 Å². The van der Waals surface area contributed by atoms with Crippen LogP contribution >= 0.6 is 0 Å². The van der Waals surface area contributed by atoms with Gasteiger partial charge in [0.05, 0.1) is 22.7 Å². The summed E-state index contributed by atoms with van der Waals surface area (Å²) >= 11 is 0. The van der Waals surface area contributed by atoms with Crippen LogP contribution in [0, 0.1) is 11.3 Å². The van der Waals surface area contributed by atoms with Gasteiger partial charge in [-0.25, -0.2) is 15.0 Å². The summed E-state index contributed by atoms with van der Waals surface area (Å²) in [6.45, 7) is 0. The molecule has 0 spiro atoms. The van der Waals surface area contributed by atoms with Crippen molar-refractivity contribution < 1.29 is 0 Å². The molecule has 10 aromatic rings. The number of nitrogens with zero attached hydrogens (tertiary/aromatic N) is 5. The van der Waals surface area contributed by atoms with E-state index >= 15 is 0 Å². The van der Waals surface area contributed by atoms with Crippen molar-refractivity contribution >= 4 is 54.1 Å². The summed E-state index contributed by atoms with van der Waals surface area (Å²) in [4.78, 5) is 15.3. The number of nitriles is 1. The van der Waals surface area contributed by atoms with Crippen LogP contribution in [0.3, 0.4) is 0 Å². The second-order valence-electron chi connectivity index (χ2n) is 12.8. The number of fused-ring (bicyclic) bond motifs is 9. The lowest BCUT2D eigenvalue weighted by atomic mass is 9.92. The fourth-order valence-electron chi connectivity index (χ4n) is 7.50. The van der Waals surface area contributed by atoms with Gasteiger partial charge < -0.3 is 4.57 Å². The minimum absolute atomic E-state index is 0.584. The van der Waals surface area contributed by atoms with Gasteiger partial charge in [0.1, 0.15) is 0 Å². The van der Waals surface area contributed by atoms with Crippen molar-refractivity contribution in [3.8, 4) is 45.9 Å². The topological polar surface area (TPSA) is 67.4 Å². The fourth-order valence-corrected chi connectivity index (χ4v) is 7.50. The number of hydrogen-bond donors (Lipinski definition) is 0. The van der Waals surface area contributed by atoms with Gasteiger partial charge >= 0.3 is 0 Å². The van der Waals surface area contributed by atoms with Crippen LogP contribution in [0.4, 0.5) is 0 Å². The zero-order chi connectivity index (χ0) is 33.9. The van der Waals surface area contributed by atoms with Crippen LogP contribution in [0.25, 0.3) is 94.0 Å². The third-order valence-corrected chi connectivity index (χ3v) is 9.83. The highest BCUT2D eigenvalue weighted by Gasteiger charge is 2.17. The average molecular weight is 650 g/mol. The molecule has 0 atom stereocenters. The van der Waals surface area contributed by atoms with Gasteiger partial charge in [0, 0.05) is 33.2 Å². The Morgan fingerprint density at radius 2 is 0.863 bits per heavy atom. The molecule has 0 radical (unpaired) electrons. The van der Waals surface area contributed by atoms with Crippen LogP contribution in [-0.4, -0.2) is 19.5 Å². The second-order valence-corrected chi connectivity index (χ2v) is 12.8. The fraction of sp³-hybridized carbons (Fsp3) is 0. The van der Waals surface area contributed by atoms with E-state index in [1.807, 2.05) is 42.5 Å². The Morgan fingerprint density at radius 3 is 1.51 bits per heavy atom. The van der Waals surface area contributed by atoms with Crippen LogP contribution in [0.5, 0.6) is 0 Å². The number of benzene rings is 8. The normalized spacial score (nSPS) is 11.5. The van der Waals surface area contributed by atoms with Gasteiger partial charge in [-0.2, -0.15) is 5.26 Å². The van der Waals surface area contributed by atoms with E-state index in [0.29, 0.717) is 23.0 Å².